The summed E-state index contributed by atoms with van der Waals surface area (Å²) in [7, 11) is 0. The molecule has 0 spiro atoms. The highest BCUT2D eigenvalue weighted by molar-refractivity contribution is 5.86. The minimum Gasteiger partial charge on any atom is -0.478 e. The van der Waals surface area contributed by atoms with Gasteiger partial charge in [-0.3, -0.25) is 4.90 Å². The van der Waals surface area contributed by atoms with Gasteiger partial charge in [-0.25, -0.2) is 4.79 Å². The molecule has 3 nitrogen and oxygen atoms in total. The molecule has 1 aliphatic rings. The second-order valence-corrected chi connectivity index (χ2v) is 4.07. The lowest BCUT2D eigenvalue weighted by Gasteiger charge is -2.27. The van der Waals surface area contributed by atoms with Crippen LogP contribution in [0.1, 0.15) is 33.1 Å². The molecule has 0 radical (unpaired) electrons. The second-order valence-electron chi connectivity index (χ2n) is 4.07. The number of aliphatic carboxylic acids is 1. The average Bonchev–Trinajstić information content (AvgIpc) is 2.47. The highest BCUT2D eigenvalue weighted by Crippen LogP contribution is 2.26. The van der Waals surface area contributed by atoms with E-state index < -0.39 is 5.97 Å². The van der Waals surface area contributed by atoms with E-state index >= 15 is 0 Å². The Morgan fingerprint density at radius 3 is 2.71 bits per heavy atom. The molecule has 0 aromatic heterocycles. The first-order chi connectivity index (χ1) is 6.56. The first-order valence-electron chi connectivity index (χ1n) is 5.23. The van der Waals surface area contributed by atoms with Crippen LogP contribution in [0.2, 0.25) is 0 Å². The molecule has 1 N–H and O–H groups in total. The van der Waals surface area contributed by atoms with Crippen LogP contribution in [0.25, 0.3) is 0 Å². The van der Waals surface area contributed by atoms with Crippen molar-refractivity contribution in [2.45, 2.75) is 45.2 Å². The van der Waals surface area contributed by atoms with Crippen LogP contribution in [-0.2, 0) is 4.79 Å². The van der Waals surface area contributed by atoms with Crippen molar-refractivity contribution >= 4 is 5.97 Å². The van der Waals surface area contributed by atoms with Crippen molar-refractivity contribution < 1.29 is 9.90 Å². The van der Waals surface area contributed by atoms with Gasteiger partial charge in [0.15, 0.2) is 0 Å². The summed E-state index contributed by atoms with van der Waals surface area (Å²) >= 11 is 0. The Morgan fingerprint density at radius 2 is 2.21 bits per heavy atom. The number of hydrogen-bond donors (Lipinski definition) is 1. The van der Waals surface area contributed by atoms with Crippen molar-refractivity contribution in [3.63, 3.8) is 0 Å². The fourth-order valence-corrected chi connectivity index (χ4v) is 2.14. The molecule has 0 saturated carbocycles. The number of carboxylic acid groups (broad SMARTS) is 1. The van der Waals surface area contributed by atoms with E-state index in [4.69, 9.17) is 5.11 Å². The Hall–Kier alpha value is -0.830. The van der Waals surface area contributed by atoms with E-state index in [0.717, 1.165) is 6.42 Å². The minimum absolute atomic E-state index is 0.303. The first kappa shape index (κ1) is 11.2. The molecule has 3 heteroatoms. The molecule has 80 valence electrons. The smallest absolute Gasteiger partial charge is 0.332 e. The highest BCUT2D eigenvalue weighted by Gasteiger charge is 2.29. The lowest BCUT2D eigenvalue weighted by molar-refractivity contribution is -0.133. The third-order valence-corrected chi connectivity index (χ3v) is 3.10. The van der Waals surface area contributed by atoms with Crippen molar-refractivity contribution in [2.75, 3.05) is 6.54 Å². The van der Waals surface area contributed by atoms with Crippen LogP contribution in [0.5, 0.6) is 0 Å². The number of hydrogen-bond acceptors (Lipinski definition) is 2. The Kier molecular flexibility index (Phi) is 3.69. The molecule has 14 heavy (non-hydrogen) atoms. The molecule has 0 bridgehead atoms. The highest BCUT2D eigenvalue weighted by atomic mass is 16.4. The third kappa shape index (κ3) is 2.35. The average molecular weight is 197 g/mol. The van der Waals surface area contributed by atoms with E-state index in [1.165, 1.54) is 12.8 Å². The van der Waals surface area contributed by atoms with E-state index in [1.807, 2.05) is 0 Å². The largest absolute Gasteiger partial charge is 0.478 e. The van der Waals surface area contributed by atoms with E-state index in [2.05, 4.69) is 25.3 Å². The zero-order valence-corrected chi connectivity index (χ0v) is 8.99. The number of rotatable bonds is 4. The molecular weight excluding hydrogens is 178 g/mol. The van der Waals surface area contributed by atoms with Crippen molar-refractivity contribution in [3.8, 4) is 0 Å². The van der Waals surface area contributed by atoms with Gasteiger partial charge in [-0.2, -0.15) is 0 Å². The van der Waals surface area contributed by atoms with Gasteiger partial charge in [0.1, 0.15) is 0 Å². The predicted molar refractivity (Wildman–Crippen MR) is 56.3 cm³/mol. The van der Waals surface area contributed by atoms with Crippen molar-refractivity contribution in [2.24, 2.45) is 0 Å². The molecule has 1 heterocycles. The van der Waals surface area contributed by atoms with Gasteiger partial charge in [0.2, 0.25) is 0 Å². The number of nitrogens with zero attached hydrogens (tertiary/aromatic N) is 1. The van der Waals surface area contributed by atoms with E-state index in [0.29, 0.717) is 24.2 Å². The first-order valence-corrected chi connectivity index (χ1v) is 5.23. The van der Waals surface area contributed by atoms with Crippen LogP contribution in [0.15, 0.2) is 12.2 Å². The molecule has 0 aliphatic carbocycles. The standard InChI is InChI=1S/C11H19NO2/c1-4-10-6-5-9(3)12(10)7-8(2)11(13)14/h9-10H,2,4-7H2,1,3H3,(H,13,14). The van der Waals surface area contributed by atoms with Crippen LogP contribution in [0.3, 0.4) is 0 Å². The van der Waals surface area contributed by atoms with E-state index in [1.54, 1.807) is 0 Å². The lowest BCUT2D eigenvalue weighted by atomic mass is 10.1. The topological polar surface area (TPSA) is 40.5 Å². The Balaban J connectivity index is 2.57. The van der Waals surface area contributed by atoms with Gasteiger partial charge < -0.3 is 5.11 Å². The van der Waals surface area contributed by atoms with E-state index in [9.17, 15) is 4.79 Å². The summed E-state index contributed by atoms with van der Waals surface area (Å²) in [5.41, 5.74) is 0.303. The molecule has 2 atom stereocenters. The van der Waals surface area contributed by atoms with Gasteiger partial charge in [0.25, 0.3) is 0 Å². The van der Waals surface area contributed by atoms with Crippen molar-refractivity contribution in [3.05, 3.63) is 12.2 Å². The quantitative estimate of drug-likeness (QED) is 0.700. The maximum Gasteiger partial charge on any atom is 0.332 e. The van der Waals surface area contributed by atoms with Gasteiger partial charge in [0, 0.05) is 24.2 Å². The van der Waals surface area contributed by atoms with Gasteiger partial charge in [0.05, 0.1) is 0 Å². The molecule has 1 fully saturated rings. The zero-order valence-electron chi connectivity index (χ0n) is 8.99. The maximum atomic E-state index is 10.7. The van der Waals surface area contributed by atoms with Crippen LogP contribution in [-0.4, -0.2) is 34.6 Å². The Labute approximate surface area is 85.4 Å². The summed E-state index contributed by atoms with van der Waals surface area (Å²) in [6.45, 7) is 8.40. The number of carboxylic acids is 1. The van der Waals surface area contributed by atoms with Crippen molar-refractivity contribution in [1.82, 2.24) is 4.90 Å². The molecule has 1 saturated heterocycles. The molecular formula is C11H19NO2. The second kappa shape index (κ2) is 4.60. The van der Waals surface area contributed by atoms with Crippen LogP contribution in [0, 0.1) is 0 Å². The molecule has 0 amide bonds. The van der Waals surface area contributed by atoms with Crippen LogP contribution in [0.4, 0.5) is 0 Å². The summed E-state index contributed by atoms with van der Waals surface area (Å²) in [6.07, 6.45) is 3.45. The lowest BCUT2D eigenvalue weighted by Crippen LogP contribution is -2.36. The summed E-state index contributed by atoms with van der Waals surface area (Å²) in [4.78, 5) is 12.9. The summed E-state index contributed by atoms with van der Waals surface area (Å²) in [5, 5.41) is 8.76. The van der Waals surface area contributed by atoms with Gasteiger partial charge in [-0.15, -0.1) is 0 Å². The summed E-state index contributed by atoms with van der Waals surface area (Å²) < 4.78 is 0. The van der Waals surface area contributed by atoms with Crippen LogP contribution >= 0.6 is 0 Å². The molecule has 1 rings (SSSR count). The monoisotopic (exact) mass is 197 g/mol. The van der Waals surface area contributed by atoms with Gasteiger partial charge >= 0.3 is 5.97 Å². The molecule has 0 aromatic rings. The number of likely N-dealkylation sites (tertiary alicyclic amines) is 1. The molecule has 1 aliphatic heterocycles. The van der Waals surface area contributed by atoms with Gasteiger partial charge in [-0.1, -0.05) is 13.5 Å². The predicted octanol–water partition coefficient (Wildman–Crippen LogP) is 1.89. The SMILES string of the molecule is C=C(CN1C(C)CCC1CC)C(=O)O. The Morgan fingerprint density at radius 1 is 1.57 bits per heavy atom. The maximum absolute atomic E-state index is 10.7. The molecule has 0 aromatic carbocycles. The third-order valence-electron chi connectivity index (χ3n) is 3.10. The van der Waals surface area contributed by atoms with Gasteiger partial charge in [-0.05, 0) is 26.2 Å². The summed E-state index contributed by atoms with van der Waals surface area (Å²) in [6, 6.07) is 1.04. The normalized spacial score (nSPS) is 27.9. The fraction of sp³-hybridized carbons (Fsp3) is 0.727. The van der Waals surface area contributed by atoms with Crippen LogP contribution < -0.4 is 0 Å². The molecule has 2 unspecified atom stereocenters. The van der Waals surface area contributed by atoms with Crippen molar-refractivity contribution in [1.29, 1.82) is 0 Å². The fourth-order valence-electron chi connectivity index (χ4n) is 2.14. The number of carbonyl (C=O) groups is 1. The minimum atomic E-state index is -0.876. The van der Waals surface area contributed by atoms with E-state index in [-0.39, 0.29) is 0 Å². The summed E-state index contributed by atoms with van der Waals surface area (Å²) in [5.74, 6) is -0.876. The Bertz CT molecular complexity index is 237. The zero-order chi connectivity index (χ0) is 10.7.